The molecule has 2 aromatic heterocycles. The summed E-state index contributed by atoms with van der Waals surface area (Å²) < 4.78 is 18.2. The van der Waals surface area contributed by atoms with Crippen LogP contribution in [0.1, 0.15) is 17.8 Å². The van der Waals surface area contributed by atoms with E-state index in [0.717, 1.165) is 16.9 Å². The molecule has 0 aliphatic rings. The Morgan fingerprint density at radius 3 is 2.67 bits per heavy atom. The van der Waals surface area contributed by atoms with E-state index in [1.807, 2.05) is 12.1 Å². The maximum Gasteiger partial charge on any atom is 0.259 e. The molecule has 0 saturated carbocycles. The van der Waals surface area contributed by atoms with Crippen molar-refractivity contribution in [2.75, 3.05) is 18.5 Å². The van der Waals surface area contributed by atoms with Gasteiger partial charge in [-0.1, -0.05) is 17.3 Å². The van der Waals surface area contributed by atoms with Crippen molar-refractivity contribution in [3.63, 3.8) is 0 Å². The average molecular weight is 328 g/mol. The predicted molar refractivity (Wildman–Crippen MR) is 86.9 cm³/mol. The van der Waals surface area contributed by atoms with Crippen LogP contribution in [0.2, 0.25) is 0 Å². The molecule has 0 spiro atoms. The van der Waals surface area contributed by atoms with Crippen LogP contribution in [0, 0.1) is 5.82 Å². The van der Waals surface area contributed by atoms with Crippen LogP contribution in [0.4, 0.5) is 10.2 Å². The van der Waals surface area contributed by atoms with Crippen LogP contribution in [0.3, 0.4) is 0 Å². The van der Waals surface area contributed by atoms with Crippen molar-refractivity contribution >= 4 is 5.82 Å². The van der Waals surface area contributed by atoms with Crippen molar-refractivity contribution in [1.29, 1.82) is 0 Å². The second kappa shape index (κ2) is 7.65. The highest BCUT2D eigenvalue weighted by Crippen LogP contribution is 2.18. The zero-order valence-electron chi connectivity index (χ0n) is 12.9. The first-order valence-electron chi connectivity index (χ1n) is 7.63. The third kappa shape index (κ3) is 4.14. The fourth-order valence-corrected chi connectivity index (χ4v) is 2.15. The average Bonchev–Trinajstić information content (AvgIpc) is 3.06. The molecule has 3 rings (SSSR count). The molecule has 2 heterocycles. The van der Waals surface area contributed by atoms with E-state index in [1.54, 1.807) is 18.3 Å². The summed E-state index contributed by atoms with van der Waals surface area (Å²) in [6, 6.07) is 9.85. The summed E-state index contributed by atoms with van der Waals surface area (Å²) in [6.07, 6.45) is 2.79. The standard InChI is InChI=1S/C17H17FN4O2/c18-14-5-2-12(3-6-14)10-16-21-17(24-22-16)13-4-7-15(20-11-13)19-8-1-9-23/h2-7,11,23H,1,8-10H2,(H,19,20). The molecule has 0 aliphatic heterocycles. The summed E-state index contributed by atoms with van der Waals surface area (Å²) in [5, 5.41) is 15.8. The molecule has 0 saturated heterocycles. The first kappa shape index (κ1) is 16.1. The Hall–Kier alpha value is -2.80. The van der Waals surface area contributed by atoms with Crippen molar-refractivity contribution in [2.24, 2.45) is 0 Å². The molecular formula is C17H17FN4O2. The van der Waals surface area contributed by atoms with E-state index in [-0.39, 0.29) is 12.4 Å². The number of halogens is 1. The third-order valence-electron chi connectivity index (χ3n) is 3.40. The second-order valence-corrected chi connectivity index (χ2v) is 5.26. The molecule has 124 valence electrons. The summed E-state index contributed by atoms with van der Waals surface area (Å²) in [4.78, 5) is 8.61. The minimum atomic E-state index is -0.272. The molecule has 0 fully saturated rings. The summed E-state index contributed by atoms with van der Waals surface area (Å²) in [6.45, 7) is 0.801. The van der Waals surface area contributed by atoms with Crippen LogP contribution in [0.25, 0.3) is 11.5 Å². The molecule has 0 aliphatic carbocycles. The number of pyridine rings is 1. The monoisotopic (exact) mass is 328 g/mol. The van der Waals surface area contributed by atoms with E-state index < -0.39 is 0 Å². The number of rotatable bonds is 7. The molecule has 0 radical (unpaired) electrons. The molecule has 0 unspecified atom stereocenters. The zero-order valence-corrected chi connectivity index (χ0v) is 12.9. The minimum absolute atomic E-state index is 0.143. The van der Waals surface area contributed by atoms with E-state index in [9.17, 15) is 4.39 Å². The van der Waals surface area contributed by atoms with Crippen molar-refractivity contribution in [3.05, 3.63) is 59.8 Å². The van der Waals surface area contributed by atoms with Gasteiger partial charge in [-0.3, -0.25) is 0 Å². The van der Waals surface area contributed by atoms with Gasteiger partial charge in [0.2, 0.25) is 0 Å². The largest absolute Gasteiger partial charge is 0.396 e. The number of hydrogen-bond donors (Lipinski definition) is 2. The number of nitrogens with zero attached hydrogens (tertiary/aromatic N) is 3. The fraction of sp³-hybridized carbons (Fsp3) is 0.235. The topological polar surface area (TPSA) is 84.1 Å². The van der Waals surface area contributed by atoms with Gasteiger partial charge in [0.1, 0.15) is 11.6 Å². The van der Waals surface area contributed by atoms with Gasteiger partial charge >= 0.3 is 0 Å². The van der Waals surface area contributed by atoms with Crippen molar-refractivity contribution < 1.29 is 14.0 Å². The number of nitrogens with one attached hydrogen (secondary N) is 1. The van der Waals surface area contributed by atoms with Crippen LogP contribution >= 0.6 is 0 Å². The van der Waals surface area contributed by atoms with Gasteiger partial charge in [-0.25, -0.2) is 9.37 Å². The number of aliphatic hydroxyl groups is 1. The van der Waals surface area contributed by atoms with Gasteiger partial charge in [0.15, 0.2) is 5.82 Å². The highest BCUT2D eigenvalue weighted by Gasteiger charge is 2.10. The second-order valence-electron chi connectivity index (χ2n) is 5.26. The fourth-order valence-electron chi connectivity index (χ4n) is 2.15. The van der Waals surface area contributed by atoms with Gasteiger partial charge < -0.3 is 14.9 Å². The van der Waals surface area contributed by atoms with Gasteiger partial charge in [-0.15, -0.1) is 0 Å². The Morgan fingerprint density at radius 2 is 1.96 bits per heavy atom. The lowest BCUT2D eigenvalue weighted by atomic mass is 10.1. The maximum absolute atomic E-state index is 12.9. The van der Waals surface area contributed by atoms with Crippen molar-refractivity contribution in [2.45, 2.75) is 12.8 Å². The van der Waals surface area contributed by atoms with Crippen molar-refractivity contribution in [1.82, 2.24) is 15.1 Å². The predicted octanol–water partition coefficient (Wildman–Crippen LogP) is 2.66. The highest BCUT2D eigenvalue weighted by molar-refractivity contribution is 5.54. The van der Waals surface area contributed by atoms with E-state index >= 15 is 0 Å². The Kier molecular flexibility index (Phi) is 5.12. The smallest absolute Gasteiger partial charge is 0.259 e. The minimum Gasteiger partial charge on any atom is -0.396 e. The van der Waals surface area contributed by atoms with Crippen LogP contribution in [-0.4, -0.2) is 33.4 Å². The molecule has 0 amide bonds. The number of benzene rings is 1. The Labute approximate surface area is 138 Å². The molecule has 1 aromatic carbocycles. The summed E-state index contributed by atoms with van der Waals surface area (Å²) >= 11 is 0. The zero-order chi connectivity index (χ0) is 16.8. The quantitative estimate of drug-likeness (QED) is 0.649. The molecule has 0 bridgehead atoms. The molecule has 24 heavy (non-hydrogen) atoms. The van der Waals surface area contributed by atoms with Crippen LogP contribution in [-0.2, 0) is 6.42 Å². The van der Waals surface area contributed by atoms with Gasteiger partial charge in [-0.05, 0) is 36.2 Å². The number of anilines is 1. The van der Waals surface area contributed by atoms with Crippen LogP contribution in [0.5, 0.6) is 0 Å². The first-order valence-corrected chi connectivity index (χ1v) is 7.63. The normalized spacial score (nSPS) is 10.8. The molecule has 2 N–H and O–H groups in total. The first-order chi connectivity index (χ1) is 11.7. The lowest BCUT2D eigenvalue weighted by molar-refractivity contribution is 0.292. The molecule has 3 aromatic rings. The lowest BCUT2D eigenvalue weighted by Crippen LogP contribution is -2.04. The van der Waals surface area contributed by atoms with Crippen LogP contribution in [0.15, 0.2) is 47.1 Å². The Balaban J connectivity index is 1.65. The maximum atomic E-state index is 12.9. The summed E-state index contributed by atoms with van der Waals surface area (Å²) in [5.41, 5.74) is 1.63. The molecule has 0 atom stereocenters. The van der Waals surface area contributed by atoms with Crippen LogP contribution < -0.4 is 5.32 Å². The van der Waals surface area contributed by atoms with Gasteiger partial charge in [0.05, 0.1) is 5.56 Å². The Morgan fingerprint density at radius 1 is 1.12 bits per heavy atom. The van der Waals surface area contributed by atoms with Gasteiger partial charge in [0, 0.05) is 25.8 Å². The number of aliphatic hydroxyl groups excluding tert-OH is 1. The lowest BCUT2D eigenvalue weighted by Gasteiger charge is -2.03. The van der Waals surface area contributed by atoms with E-state index in [0.29, 0.717) is 31.1 Å². The van der Waals surface area contributed by atoms with Gasteiger partial charge in [-0.2, -0.15) is 4.98 Å². The molecule has 7 heteroatoms. The highest BCUT2D eigenvalue weighted by atomic mass is 19.1. The SMILES string of the molecule is OCCCNc1ccc(-c2nc(Cc3ccc(F)cc3)no2)cn1. The van der Waals surface area contributed by atoms with Gasteiger partial charge in [0.25, 0.3) is 5.89 Å². The molecule has 6 nitrogen and oxygen atoms in total. The summed E-state index contributed by atoms with van der Waals surface area (Å²) in [7, 11) is 0. The van der Waals surface area contributed by atoms with Crippen molar-refractivity contribution in [3.8, 4) is 11.5 Å². The Bertz CT molecular complexity index is 772. The number of aromatic nitrogens is 3. The van der Waals surface area contributed by atoms with E-state index in [1.165, 1.54) is 12.1 Å². The summed E-state index contributed by atoms with van der Waals surface area (Å²) in [5.74, 6) is 1.37. The third-order valence-corrected chi connectivity index (χ3v) is 3.40. The van der Waals surface area contributed by atoms with E-state index in [4.69, 9.17) is 9.63 Å². The number of hydrogen-bond acceptors (Lipinski definition) is 6. The van der Waals surface area contributed by atoms with E-state index in [2.05, 4.69) is 20.4 Å². The molecular weight excluding hydrogens is 311 g/mol.